The number of nitrogens with zero attached hydrogens (tertiary/aromatic N) is 2. The molecule has 0 bridgehead atoms. The van der Waals surface area contributed by atoms with Crippen molar-refractivity contribution in [2.75, 3.05) is 13.2 Å². The summed E-state index contributed by atoms with van der Waals surface area (Å²) in [4.78, 5) is 28.5. The number of pyridine rings is 1. The quantitative estimate of drug-likeness (QED) is 0.0647. The van der Waals surface area contributed by atoms with Crippen LogP contribution in [0.4, 0.5) is 0 Å². The van der Waals surface area contributed by atoms with Gasteiger partial charge in [-0.1, -0.05) is 133 Å². The fourth-order valence-electron chi connectivity index (χ4n) is 8.49. The van der Waals surface area contributed by atoms with Crippen molar-refractivity contribution in [3.05, 3.63) is 118 Å². The first kappa shape index (κ1) is 38.9. The van der Waals surface area contributed by atoms with Gasteiger partial charge in [-0.3, -0.25) is 14.0 Å². The Balaban J connectivity index is 1.40. The molecule has 6 heteroatoms. The summed E-state index contributed by atoms with van der Waals surface area (Å²) < 4.78 is 16.5. The lowest BCUT2D eigenvalue weighted by Crippen LogP contribution is -2.19. The van der Waals surface area contributed by atoms with Gasteiger partial charge in [0, 0.05) is 39.5 Å². The van der Waals surface area contributed by atoms with E-state index < -0.39 is 0 Å². The number of rotatable bonds is 18. The number of carbonyl (C=O) groups is 1. The maximum Gasteiger partial charge on any atom is 0.264 e. The Labute approximate surface area is 330 Å². The van der Waals surface area contributed by atoms with Crippen molar-refractivity contribution >= 4 is 50.1 Å². The van der Waals surface area contributed by atoms with Crippen molar-refractivity contribution in [2.45, 2.75) is 85.5 Å². The number of ether oxygens (including phenoxy) is 2. The maximum absolute atomic E-state index is 15.2. The summed E-state index contributed by atoms with van der Waals surface area (Å²) in [5, 5.41) is 3.48. The van der Waals surface area contributed by atoms with Crippen LogP contribution in [0, 0.1) is 11.8 Å². The summed E-state index contributed by atoms with van der Waals surface area (Å²) in [6, 6.07) is 32.0. The van der Waals surface area contributed by atoms with Crippen LogP contribution < -0.4 is 20.3 Å². The Morgan fingerprint density at radius 3 is 1.84 bits per heavy atom. The first-order chi connectivity index (χ1) is 27.4. The van der Waals surface area contributed by atoms with Crippen LogP contribution in [0.3, 0.4) is 0 Å². The smallest absolute Gasteiger partial charge is 0.264 e. The molecule has 56 heavy (non-hydrogen) atoms. The largest absolute Gasteiger partial charge is 0.493 e. The maximum atomic E-state index is 15.2. The number of fused-ring (bicyclic) bond motifs is 7. The van der Waals surface area contributed by atoms with E-state index in [1.54, 1.807) is 0 Å². The average Bonchev–Trinajstić information content (AvgIpc) is 3.72. The second-order valence-electron chi connectivity index (χ2n) is 15.4. The van der Waals surface area contributed by atoms with Crippen LogP contribution >= 0.6 is 0 Å². The summed E-state index contributed by atoms with van der Waals surface area (Å²) in [5.74, 6) is 2.64. The first-order valence-electron chi connectivity index (χ1n) is 20.9. The molecular weight excluding hydrogens is 693 g/mol. The van der Waals surface area contributed by atoms with Gasteiger partial charge in [0.2, 0.25) is 0 Å². The van der Waals surface area contributed by atoms with E-state index in [9.17, 15) is 4.79 Å². The van der Waals surface area contributed by atoms with Crippen molar-refractivity contribution in [1.29, 1.82) is 0 Å². The van der Waals surface area contributed by atoms with Crippen LogP contribution in [0.2, 0.25) is 0 Å². The third kappa shape index (κ3) is 7.46. The SMILES string of the molecule is CCCCCC(CC)COc1ccc(-c2c(=O)n3c4ccccc4/c(=C(/C=O)c4ccc(OCC(CC)CCCC)cc4)c3c3c2c2ccccc2n3C)cc1. The first-order valence-corrected chi connectivity index (χ1v) is 20.9. The number of carbonyl (C=O) groups excluding carboxylic acids is 1. The minimum Gasteiger partial charge on any atom is -0.493 e. The monoisotopic (exact) mass is 748 g/mol. The van der Waals surface area contributed by atoms with E-state index in [0.717, 1.165) is 91.6 Å². The standard InChI is InChI=1S/C50H56N2O4/c1-6-10-12-18-35(9-4)33-56-39-29-25-37(26-30-39)45-47-40-19-13-15-21-43(40)51(5)48(47)49-46(41-20-14-16-22-44(41)52(49)50(45)54)42(31-53)36-23-27-38(28-24-36)55-32-34(8-3)17-11-7-2/h13-16,19-31,34-35H,6-12,17-18,32-33H2,1-5H3/b46-42+. The second-order valence-corrected chi connectivity index (χ2v) is 15.4. The van der Waals surface area contributed by atoms with Crippen LogP contribution in [-0.4, -0.2) is 28.5 Å². The molecule has 0 saturated carbocycles. The normalized spacial score (nSPS) is 13.4. The topological polar surface area (TPSA) is 61.9 Å². The predicted molar refractivity (Wildman–Crippen MR) is 233 cm³/mol. The molecule has 0 aliphatic heterocycles. The lowest BCUT2D eigenvalue weighted by Gasteiger charge is -2.16. The summed E-state index contributed by atoms with van der Waals surface area (Å²) in [6.07, 6.45) is 11.5. The molecule has 0 aliphatic rings. The van der Waals surface area contributed by atoms with Crippen molar-refractivity contribution in [3.63, 3.8) is 0 Å². The zero-order valence-electron chi connectivity index (χ0n) is 33.8. The van der Waals surface area contributed by atoms with E-state index in [2.05, 4.69) is 51.4 Å². The third-order valence-electron chi connectivity index (χ3n) is 11.9. The van der Waals surface area contributed by atoms with Crippen LogP contribution in [0.5, 0.6) is 11.5 Å². The molecule has 4 aromatic carbocycles. The van der Waals surface area contributed by atoms with E-state index in [1.165, 1.54) is 38.5 Å². The van der Waals surface area contributed by atoms with E-state index in [-0.39, 0.29) is 5.56 Å². The van der Waals surface area contributed by atoms with Gasteiger partial charge < -0.3 is 14.0 Å². The lowest BCUT2D eigenvalue weighted by molar-refractivity contribution is -0.103. The predicted octanol–water partition coefficient (Wildman–Crippen LogP) is 11.5. The van der Waals surface area contributed by atoms with Crippen LogP contribution in [0.25, 0.3) is 54.9 Å². The molecule has 7 aromatic rings. The second kappa shape index (κ2) is 17.6. The van der Waals surface area contributed by atoms with Crippen LogP contribution in [-0.2, 0) is 11.8 Å². The van der Waals surface area contributed by atoms with E-state index >= 15 is 4.79 Å². The van der Waals surface area contributed by atoms with Crippen molar-refractivity contribution in [1.82, 2.24) is 8.97 Å². The van der Waals surface area contributed by atoms with Crippen molar-refractivity contribution in [2.24, 2.45) is 18.9 Å². The molecule has 0 N–H and O–H groups in total. The van der Waals surface area contributed by atoms with E-state index in [0.29, 0.717) is 36.2 Å². The Morgan fingerprint density at radius 2 is 1.23 bits per heavy atom. The molecule has 7 rings (SSSR count). The van der Waals surface area contributed by atoms with Crippen molar-refractivity contribution < 1.29 is 14.3 Å². The van der Waals surface area contributed by atoms with Gasteiger partial charge in [-0.25, -0.2) is 0 Å². The fourth-order valence-corrected chi connectivity index (χ4v) is 8.49. The molecule has 0 aliphatic carbocycles. The molecule has 3 aromatic heterocycles. The van der Waals surface area contributed by atoms with E-state index in [4.69, 9.17) is 9.47 Å². The molecule has 0 saturated heterocycles. The van der Waals surface area contributed by atoms with Crippen LogP contribution in [0.1, 0.15) is 91.0 Å². The number of hydrogen-bond acceptors (Lipinski definition) is 4. The number of aromatic nitrogens is 2. The number of para-hydroxylation sites is 2. The highest BCUT2D eigenvalue weighted by atomic mass is 16.5. The number of hydrogen-bond donors (Lipinski definition) is 0. The molecule has 0 fully saturated rings. The Hall–Kier alpha value is -5.36. The van der Waals surface area contributed by atoms with Gasteiger partial charge in [-0.05, 0) is 72.2 Å². The molecule has 2 atom stereocenters. The Bertz CT molecular complexity index is 2560. The summed E-state index contributed by atoms with van der Waals surface area (Å²) in [6.45, 7) is 10.3. The molecule has 6 nitrogen and oxygen atoms in total. The highest BCUT2D eigenvalue weighted by Crippen LogP contribution is 2.38. The van der Waals surface area contributed by atoms with Gasteiger partial charge in [-0.15, -0.1) is 0 Å². The fraction of sp³-hybridized carbons (Fsp3) is 0.360. The van der Waals surface area contributed by atoms with E-state index in [1.807, 2.05) is 89.3 Å². The minimum absolute atomic E-state index is 0.121. The third-order valence-corrected chi connectivity index (χ3v) is 11.9. The average molecular weight is 749 g/mol. The van der Waals surface area contributed by atoms with Gasteiger partial charge in [0.25, 0.3) is 5.56 Å². The lowest BCUT2D eigenvalue weighted by atomic mass is 9.98. The summed E-state index contributed by atoms with van der Waals surface area (Å²) >= 11 is 0. The molecule has 0 radical (unpaired) electrons. The molecule has 0 amide bonds. The number of unbranched alkanes of at least 4 members (excludes halogenated alkanes) is 3. The van der Waals surface area contributed by atoms with Gasteiger partial charge in [-0.2, -0.15) is 0 Å². The molecular formula is C50H56N2O4. The molecule has 2 unspecified atom stereocenters. The zero-order valence-corrected chi connectivity index (χ0v) is 33.8. The summed E-state index contributed by atoms with van der Waals surface area (Å²) in [7, 11) is 2.05. The zero-order chi connectivity index (χ0) is 39.2. The van der Waals surface area contributed by atoms with Gasteiger partial charge in [0.1, 0.15) is 11.5 Å². The number of benzene rings is 4. The molecule has 290 valence electrons. The highest BCUT2D eigenvalue weighted by Gasteiger charge is 2.25. The highest BCUT2D eigenvalue weighted by molar-refractivity contribution is 6.22. The Kier molecular flexibility index (Phi) is 12.2. The minimum atomic E-state index is -0.121. The van der Waals surface area contributed by atoms with Gasteiger partial charge in [0.05, 0.1) is 35.3 Å². The van der Waals surface area contributed by atoms with Gasteiger partial charge in [0.15, 0.2) is 6.29 Å². The number of aldehydes is 1. The molecule has 3 heterocycles. The van der Waals surface area contributed by atoms with Gasteiger partial charge >= 0.3 is 0 Å². The number of aryl methyl sites for hydroxylation is 1. The molecule has 0 spiro atoms. The summed E-state index contributed by atoms with van der Waals surface area (Å²) in [5.41, 5.74) is 6.06. The van der Waals surface area contributed by atoms with Crippen molar-refractivity contribution in [3.8, 4) is 22.6 Å². The van der Waals surface area contributed by atoms with Crippen LogP contribution in [0.15, 0.2) is 102 Å². The Morgan fingerprint density at radius 1 is 0.661 bits per heavy atom.